The van der Waals surface area contributed by atoms with E-state index in [2.05, 4.69) is 28.1 Å². The minimum Gasteiger partial charge on any atom is -0.410 e. The molecule has 1 aromatic rings. The zero-order valence-electron chi connectivity index (χ0n) is 7.79. The summed E-state index contributed by atoms with van der Waals surface area (Å²) >= 11 is 3.40. The first-order valence-electron chi connectivity index (χ1n) is 4.02. The zero-order valence-corrected chi connectivity index (χ0v) is 9.37. The molecule has 0 aliphatic rings. The number of alkyl halides is 1. The monoisotopic (exact) mass is 242 g/mol. The summed E-state index contributed by atoms with van der Waals surface area (Å²) in [5.74, 6) is 0. The maximum absolute atomic E-state index is 5.15. The van der Waals surface area contributed by atoms with Crippen LogP contribution in [-0.4, -0.2) is 21.3 Å². The topological polar surface area (TPSA) is 18.5 Å². The second-order valence-electron chi connectivity index (χ2n) is 2.68. The van der Waals surface area contributed by atoms with E-state index < -0.39 is 0 Å². The summed E-state index contributed by atoms with van der Waals surface area (Å²) in [5, 5.41) is 0.848. The van der Waals surface area contributed by atoms with E-state index in [1.54, 1.807) is 14.2 Å². The molecule has 0 atom stereocenters. The maximum Gasteiger partial charge on any atom is 0.493 e. The molecule has 4 heteroatoms. The van der Waals surface area contributed by atoms with Crippen LogP contribution in [0.25, 0.3) is 0 Å². The second kappa shape index (κ2) is 5.42. The van der Waals surface area contributed by atoms with Crippen molar-refractivity contribution in [3.63, 3.8) is 0 Å². The number of halogens is 1. The molecule has 1 rings (SSSR count). The molecule has 0 saturated carbocycles. The molecule has 0 aliphatic carbocycles. The minimum atomic E-state index is -0.265. The van der Waals surface area contributed by atoms with Gasteiger partial charge in [-0.15, -0.1) is 0 Å². The summed E-state index contributed by atoms with van der Waals surface area (Å²) in [6.45, 7) is 0. The highest BCUT2D eigenvalue weighted by molar-refractivity contribution is 9.08. The standard InChI is InChI=1S/C9H12BBrO2/c1-12-10(13-2)9-5-3-4-8(6-9)7-11/h3-6H,7H2,1-2H3. The lowest BCUT2D eigenvalue weighted by Crippen LogP contribution is -2.34. The number of hydrogen-bond donors (Lipinski definition) is 0. The summed E-state index contributed by atoms with van der Waals surface area (Å²) in [4.78, 5) is 0. The maximum atomic E-state index is 5.15. The van der Waals surface area contributed by atoms with Crippen LogP contribution in [0.2, 0.25) is 0 Å². The summed E-state index contributed by atoms with van der Waals surface area (Å²) in [6.07, 6.45) is 0. The molecule has 0 saturated heterocycles. The molecule has 0 N–H and O–H groups in total. The van der Waals surface area contributed by atoms with E-state index in [4.69, 9.17) is 9.31 Å². The van der Waals surface area contributed by atoms with Gasteiger partial charge in [-0.25, -0.2) is 0 Å². The van der Waals surface area contributed by atoms with Crippen LogP contribution in [0.5, 0.6) is 0 Å². The van der Waals surface area contributed by atoms with Gasteiger partial charge in [-0.05, 0) is 11.0 Å². The summed E-state index contributed by atoms with van der Waals surface area (Å²) in [6, 6.07) is 8.10. The lowest BCUT2D eigenvalue weighted by atomic mass is 9.78. The van der Waals surface area contributed by atoms with Gasteiger partial charge in [0.05, 0.1) is 0 Å². The Kier molecular flexibility index (Phi) is 4.49. The van der Waals surface area contributed by atoms with Crippen LogP contribution in [0.3, 0.4) is 0 Å². The Balaban J connectivity index is 2.86. The van der Waals surface area contributed by atoms with Crippen molar-refractivity contribution in [3.8, 4) is 0 Å². The fourth-order valence-electron chi connectivity index (χ4n) is 1.19. The fraction of sp³-hybridized carbons (Fsp3) is 0.333. The van der Waals surface area contributed by atoms with Gasteiger partial charge in [-0.3, -0.25) is 0 Å². The van der Waals surface area contributed by atoms with Crippen molar-refractivity contribution < 1.29 is 9.31 Å². The summed E-state index contributed by atoms with van der Waals surface area (Å²) < 4.78 is 10.3. The Labute approximate surface area is 87.5 Å². The van der Waals surface area contributed by atoms with Crippen LogP contribution in [0.4, 0.5) is 0 Å². The molecule has 0 amide bonds. The second-order valence-corrected chi connectivity index (χ2v) is 3.24. The molecule has 0 heterocycles. The molecular weight excluding hydrogens is 231 g/mol. The van der Waals surface area contributed by atoms with Gasteiger partial charge in [0.2, 0.25) is 0 Å². The van der Waals surface area contributed by atoms with Crippen LogP contribution >= 0.6 is 15.9 Å². The first-order chi connectivity index (χ1) is 6.31. The van der Waals surface area contributed by atoms with E-state index in [9.17, 15) is 0 Å². The molecular formula is C9H12BBrO2. The van der Waals surface area contributed by atoms with Crippen molar-refractivity contribution in [2.45, 2.75) is 5.33 Å². The van der Waals surface area contributed by atoms with E-state index in [-0.39, 0.29) is 7.12 Å². The lowest BCUT2D eigenvalue weighted by Gasteiger charge is -2.09. The number of hydrogen-bond acceptors (Lipinski definition) is 2. The molecule has 2 nitrogen and oxygen atoms in total. The van der Waals surface area contributed by atoms with Gasteiger partial charge in [0.25, 0.3) is 0 Å². The van der Waals surface area contributed by atoms with Gasteiger partial charge < -0.3 is 9.31 Å². The predicted octanol–water partition coefficient (Wildman–Crippen LogP) is 1.57. The first-order valence-corrected chi connectivity index (χ1v) is 5.14. The van der Waals surface area contributed by atoms with Crippen LogP contribution in [-0.2, 0) is 14.6 Å². The third-order valence-corrected chi connectivity index (χ3v) is 2.45. The van der Waals surface area contributed by atoms with Crippen LogP contribution in [0, 0.1) is 0 Å². The average Bonchev–Trinajstić information content (AvgIpc) is 2.20. The highest BCUT2D eigenvalue weighted by Gasteiger charge is 2.17. The van der Waals surface area contributed by atoms with Crippen molar-refractivity contribution in [3.05, 3.63) is 29.8 Å². The summed E-state index contributed by atoms with van der Waals surface area (Å²) in [7, 11) is 3.00. The molecule has 0 bridgehead atoms. The Bertz CT molecular complexity index is 264. The van der Waals surface area contributed by atoms with E-state index in [0.717, 1.165) is 10.8 Å². The normalized spacial score (nSPS) is 10.1. The van der Waals surface area contributed by atoms with Gasteiger partial charge in [-0.2, -0.15) is 0 Å². The van der Waals surface area contributed by atoms with Crippen molar-refractivity contribution in [2.24, 2.45) is 0 Å². The van der Waals surface area contributed by atoms with Crippen LogP contribution < -0.4 is 5.46 Å². The Morgan fingerprint density at radius 2 is 2.00 bits per heavy atom. The first kappa shape index (κ1) is 10.8. The molecule has 70 valence electrons. The zero-order chi connectivity index (χ0) is 9.68. The molecule has 13 heavy (non-hydrogen) atoms. The molecule has 0 fully saturated rings. The Hall–Kier alpha value is -0.315. The highest BCUT2D eigenvalue weighted by Crippen LogP contribution is 2.03. The smallest absolute Gasteiger partial charge is 0.410 e. The minimum absolute atomic E-state index is 0.265. The Morgan fingerprint density at radius 1 is 1.31 bits per heavy atom. The van der Waals surface area contributed by atoms with Crippen molar-refractivity contribution in [2.75, 3.05) is 14.2 Å². The SMILES string of the molecule is COB(OC)c1cccc(CBr)c1. The van der Waals surface area contributed by atoms with Crippen LogP contribution in [0.1, 0.15) is 5.56 Å². The highest BCUT2D eigenvalue weighted by atomic mass is 79.9. The third kappa shape index (κ3) is 2.83. The van der Waals surface area contributed by atoms with Gasteiger partial charge in [0, 0.05) is 19.5 Å². The van der Waals surface area contributed by atoms with E-state index in [1.807, 2.05) is 12.1 Å². The van der Waals surface area contributed by atoms with Crippen molar-refractivity contribution in [1.82, 2.24) is 0 Å². The molecule has 0 unspecified atom stereocenters. The molecule has 1 aromatic carbocycles. The van der Waals surface area contributed by atoms with Crippen molar-refractivity contribution in [1.29, 1.82) is 0 Å². The summed E-state index contributed by atoms with van der Waals surface area (Å²) in [5.41, 5.74) is 2.26. The molecule has 0 aliphatic heterocycles. The van der Waals surface area contributed by atoms with Gasteiger partial charge in [0.15, 0.2) is 0 Å². The molecule has 0 aromatic heterocycles. The lowest BCUT2D eigenvalue weighted by molar-refractivity contribution is 0.292. The number of benzene rings is 1. The van der Waals surface area contributed by atoms with Crippen molar-refractivity contribution >= 4 is 28.5 Å². The van der Waals surface area contributed by atoms with E-state index >= 15 is 0 Å². The molecule has 0 spiro atoms. The van der Waals surface area contributed by atoms with E-state index in [0.29, 0.717) is 0 Å². The van der Waals surface area contributed by atoms with Crippen LogP contribution in [0.15, 0.2) is 24.3 Å². The molecule has 0 radical (unpaired) electrons. The third-order valence-electron chi connectivity index (χ3n) is 1.81. The van der Waals surface area contributed by atoms with E-state index in [1.165, 1.54) is 5.56 Å². The fourth-order valence-corrected chi connectivity index (χ4v) is 1.54. The Morgan fingerprint density at radius 3 is 2.54 bits per heavy atom. The van der Waals surface area contributed by atoms with Gasteiger partial charge in [0.1, 0.15) is 0 Å². The average molecular weight is 243 g/mol. The number of rotatable bonds is 4. The van der Waals surface area contributed by atoms with Gasteiger partial charge >= 0.3 is 7.12 Å². The quantitative estimate of drug-likeness (QED) is 0.590. The van der Waals surface area contributed by atoms with Gasteiger partial charge in [-0.1, -0.05) is 40.2 Å². The predicted molar refractivity (Wildman–Crippen MR) is 58.5 cm³/mol. The largest absolute Gasteiger partial charge is 0.493 e.